The average molecular weight is 523 g/mol. The van der Waals surface area contributed by atoms with Crippen molar-refractivity contribution in [2.75, 3.05) is 25.7 Å². The van der Waals surface area contributed by atoms with Crippen LogP contribution >= 0.6 is 11.3 Å². The second-order valence-corrected chi connectivity index (χ2v) is 9.20. The van der Waals surface area contributed by atoms with Gasteiger partial charge in [0.15, 0.2) is 5.13 Å². The van der Waals surface area contributed by atoms with E-state index in [1.54, 1.807) is 55.5 Å². The predicted octanol–water partition coefficient (Wildman–Crippen LogP) is 4.66. The van der Waals surface area contributed by atoms with Crippen LogP contribution in [0.15, 0.2) is 54.1 Å². The Morgan fingerprint density at radius 1 is 1.11 bits per heavy atom. The maximum atomic E-state index is 13.4. The first-order valence-electron chi connectivity index (χ1n) is 11.5. The number of ketones is 1. The molecular weight excluding hydrogens is 496 g/mol. The van der Waals surface area contributed by atoms with Gasteiger partial charge in [0, 0.05) is 5.56 Å². The number of anilines is 1. The second-order valence-electron chi connectivity index (χ2n) is 8.22. The van der Waals surface area contributed by atoms with Gasteiger partial charge < -0.3 is 19.3 Å². The van der Waals surface area contributed by atoms with Crippen LogP contribution in [0.3, 0.4) is 0 Å². The molecule has 1 aliphatic rings. The van der Waals surface area contributed by atoms with Gasteiger partial charge in [-0.25, -0.2) is 9.78 Å². The first kappa shape index (κ1) is 25.9. The van der Waals surface area contributed by atoms with Crippen molar-refractivity contribution in [1.82, 2.24) is 4.98 Å². The Labute approximate surface area is 217 Å². The van der Waals surface area contributed by atoms with E-state index < -0.39 is 23.7 Å². The summed E-state index contributed by atoms with van der Waals surface area (Å²) in [6.45, 7) is 4.08. The largest absolute Gasteiger partial charge is 0.507 e. The highest BCUT2D eigenvalue weighted by Crippen LogP contribution is 2.44. The van der Waals surface area contributed by atoms with E-state index in [-0.39, 0.29) is 21.3 Å². The number of Topliss-reactive ketones (excluding diaryl/α,β-unsaturated/α-hetero) is 1. The number of nitrogens with zero attached hydrogens (tertiary/aromatic N) is 2. The number of carbonyl (C=O) groups is 3. The number of aromatic nitrogens is 1. The molecule has 2 aromatic carbocycles. The number of ether oxygens (including phenoxy) is 3. The number of amides is 1. The summed E-state index contributed by atoms with van der Waals surface area (Å²) in [5.74, 6) is -1.67. The van der Waals surface area contributed by atoms with Gasteiger partial charge in [0.2, 0.25) is 0 Å². The summed E-state index contributed by atoms with van der Waals surface area (Å²) in [5, 5.41) is 11.5. The van der Waals surface area contributed by atoms with Crippen molar-refractivity contribution < 1.29 is 33.7 Å². The summed E-state index contributed by atoms with van der Waals surface area (Å²) in [5.41, 5.74) is 1.09. The van der Waals surface area contributed by atoms with Crippen LogP contribution in [0, 0.1) is 6.92 Å². The molecule has 1 amide bonds. The molecule has 0 spiro atoms. The molecule has 192 valence electrons. The van der Waals surface area contributed by atoms with E-state index in [4.69, 9.17) is 14.2 Å². The number of aryl methyl sites for hydroxylation is 1. The molecule has 1 aromatic heterocycles. The zero-order chi connectivity index (χ0) is 26.7. The van der Waals surface area contributed by atoms with Gasteiger partial charge in [-0.3, -0.25) is 14.5 Å². The Balaban J connectivity index is 1.91. The van der Waals surface area contributed by atoms with Crippen LogP contribution in [-0.2, 0) is 14.3 Å². The van der Waals surface area contributed by atoms with Crippen molar-refractivity contribution in [3.05, 3.63) is 75.8 Å². The second kappa shape index (κ2) is 10.8. The molecular formula is C27H26N2O7S. The molecule has 0 bridgehead atoms. The van der Waals surface area contributed by atoms with Gasteiger partial charge in [-0.05, 0) is 43.2 Å². The summed E-state index contributed by atoms with van der Waals surface area (Å²) >= 11 is 0.936. The fraction of sp³-hybridized carbons (Fsp3) is 0.259. The number of aliphatic hydroxyl groups is 1. The Hall–Kier alpha value is -4.18. The van der Waals surface area contributed by atoms with Crippen LogP contribution in [0.2, 0.25) is 0 Å². The predicted molar refractivity (Wildman–Crippen MR) is 138 cm³/mol. The van der Waals surface area contributed by atoms with Crippen molar-refractivity contribution in [2.45, 2.75) is 26.3 Å². The number of thiazole rings is 1. The lowest BCUT2D eigenvalue weighted by atomic mass is 9.95. The Kier molecular flexibility index (Phi) is 7.58. The molecule has 1 N–H and O–H groups in total. The molecule has 1 unspecified atom stereocenters. The summed E-state index contributed by atoms with van der Waals surface area (Å²) < 4.78 is 15.8. The first-order chi connectivity index (χ1) is 17.8. The van der Waals surface area contributed by atoms with E-state index in [9.17, 15) is 19.5 Å². The molecule has 1 atom stereocenters. The fourth-order valence-electron chi connectivity index (χ4n) is 4.03. The Morgan fingerprint density at radius 2 is 1.84 bits per heavy atom. The molecule has 10 heteroatoms. The van der Waals surface area contributed by atoms with Crippen LogP contribution in [0.25, 0.3) is 5.76 Å². The van der Waals surface area contributed by atoms with Gasteiger partial charge in [0.1, 0.15) is 22.1 Å². The molecule has 37 heavy (non-hydrogen) atoms. The summed E-state index contributed by atoms with van der Waals surface area (Å²) in [6, 6.07) is 12.5. The highest BCUT2D eigenvalue weighted by atomic mass is 32.1. The topological polar surface area (TPSA) is 115 Å². The first-order valence-corrected chi connectivity index (χ1v) is 12.4. The van der Waals surface area contributed by atoms with Crippen molar-refractivity contribution in [2.24, 2.45) is 0 Å². The smallest absolute Gasteiger partial charge is 0.350 e. The molecule has 9 nitrogen and oxygen atoms in total. The van der Waals surface area contributed by atoms with Crippen molar-refractivity contribution in [3.8, 4) is 11.5 Å². The lowest BCUT2D eigenvalue weighted by molar-refractivity contribution is -0.132. The van der Waals surface area contributed by atoms with Gasteiger partial charge in [0.25, 0.3) is 5.78 Å². The minimum Gasteiger partial charge on any atom is -0.507 e. The SMILES string of the molecule is CCCOc1cccc(C(O)=C2C(=O)C(=O)N(c3nc(C)c(C(=O)OC)s3)C2c2cccc(OC)c2)c1. The Bertz CT molecular complexity index is 1390. The van der Waals surface area contributed by atoms with Crippen LogP contribution in [0.5, 0.6) is 11.5 Å². The number of benzene rings is 2. The zero-order valence-corrected chi connectivity index (χ0v) is 21.6. The zero-order valence-electron chi connectivity index (χ0n) is 20.8. The van der Waals surface area contributed by atoms with E-state index in [0.717, 1.165) is 17.8 Å². The van der Waals surface area contributed by atoms with Gasteiger partial charge in [-0.15, -0.1) is 0 Å². The molecule has 2 heterocycles. The van der Waals surface area contributed by atoms with Crippen LogP contribution in [-0.4, -0.2) is 48.6 Å². The number of methoxy groups -OCH3 is 2. The minimum absolute atomic E-state index is 0.113. The molecule has 1 fully saturated rings. The van der Waals surface area contributed by atoms with Crippen LogP contribution < -0.4 is 14.4 Å². The highest BCUT2D eigenvalue weighted by molar-refractivity contribution is 7.17. The maximum absolute atomic E-state index is 13.4. The number of aliphatic hydroxyl groups excluding tert-OH is 1. The van der Waals surface area contributed by atoms with E-state index in [1.165, 1.54) is 19.1 Å². The lowest BCUT2D eigenvalue weighted by Crippen LogP contribution is -2.29. The van der Waals surface area contributed by atoms with Crippen LogP contribution in [0.4, 0.5) is 5.13 Å². The van der Waals surface area contributed by atoms with Crippen molar-refractivity contribution in [1.29, 1.82) is 0 Å². The molecule has 0 radical (unpaired) electrons. The number of hydrogen-bond donors (Lipinski definition) is 1. The average Bonchev–Trinajstić information content (AvgIpc) is 3.43. The molecule has 0 saturated carbocycles. The monoisotopic (exact) mass is 522 g/mol. The quantitative estimate of drug-likeness (QED) is 0.197. The molecule has 1 aliphatic heterocycles. The number of esters is 1. The number of carbonyl (C=O) groups excluding carboxylic acids is 3. The minimum atomic E-state index is -1.02. The number of rotatable bonds is 8. The van der Waals surface area contributed by atoms with Gasteiger partial charge in [-0.1, -0.05) is 42.5 Å². The third-order valence-electron chi connectivity index (χ3n) is 5.80. The Morgan fingerprint density at radius 3 is 2.54 bits per heavy atom. The van der Waals surface area contributed by atoms with Gasteiger partial charge >= 0.3 is 11.9 Å². The van der Waals surface area contributed by atoms with Crippen molar-refractivity contribution in [3.63, 3.8) is 0 Å². The standard InChI is InChI=1S/C27H26N2O7S/c1-5-12-36-19-11-7-9-17(14-19)22(30)20-21(16-8-6-10-18(13-16)34-3)29(25(32)23(20)31)27-28-15(2)24(37-27)26(33)35-4/h6-11,13-14,21,30H,5,12H2,1-4H3. The van der Waals surface area contributed by atoms with Gasteiger partial charge in [-0.2, -0.15) is 0 Å². The molecule has 1 saturated heterocycles. The van der Waals surface area contributed by atoms with Crippen molar-refractivity contribution >= 4 is 39.9 Å². The molecule has 3 aromatic rings. The lowest BCUT2D eigenvalue weighted by Gasteiger charge is -2.23. The van der Waals surface area contributed by atoms with Crippen LogP contribution in [0.1, 0.15) is 45.9 Å². The summed E-state index contributed by atoms with van der Waals surface area (Å²) in [7, 11) is 2.76. The van der Waals surface area contributed by atoms with Gasteiger partial charge in [0.05, 0.1) is 38.1 Å². The normalized spacial score (nSPS) is 16.6. The van der Waals surface area contributed by atoms with E-state index >= 15 is 0 Å². The van der Waals surface area contributed by atoms with E-state index in [0.29, 0.717) is 34.9 Å². The van der Waals surface area contributed by atoms with E-state index in [2.05, 4.69) is 4.98 Å². The number of hydrogen-bond acceptors (Lipinski definition) is 9. The highest BCUT2D eigenvalue weighted by Gasteiger charge is 2.48. The van der Waals surface area contributed by atoms with E-state index in [1.807, 2.05) is 6.92 Å². The molecule has 4 rings (SSSR count). The third-order valence-corrected chi connectivity index (χ3v) is 6.93. The summed E-state index contributed by atoms with van der Waals surface area (Å²) in [6.07, 6.45) is 0.804. The molecule has 0 aliphatic carbocycles. The fourth-order valence-corrected chi connectivity index (χ4v) is 5.04. The third kappa shape index (κ3) is 4.92. The summed E-state index contributed by atoms with van der Waals surface area (Å²) in [4.78, 5) is 44.8. The maximum Gasteiger partial charge on any atom is 0.350 e.